The number of phenolic OH excluding ortho intramolecular Hbond substituents is 1. The van der Waals surface area contributed by atoms with Crippen LogP contribution in [0.25, 0.3) is 11.3 Å². The van der Waals surface area contributed by atoms with E-state index in [2.05, 4.69) is 16.9 Å². The van der Waals surface area contributed by atoms with E-state index in [0.29, 0.717) is 30.8 Å². The van der Waals surface area contributed by atoms with Gasteiger partial charge in [0.2, 0.25) is 11.9 Å². The predicted molar refractivity (Wildman–Crippen MR) is 130 cm³/mol. The number of amides is 1. The molecule has 7 nitrogen and oxygen atoms in total. The molecule has 2 aromatic carbocycles. The molecule has 5 N–H and O–H groups in total. The van der Waals surface area contributed by atoms with Crippen LogP contribution in [-0.2, 0) is 17.6 Å². The highest BCUT2D eigenvalue weighted by Gasteiger charge is 2.29. The van der Waals surface area contributed by atoms with Crippen molar-refractivity contribution in [2.45, 2.75) is 44.6 Å². The number of aromatic hydroxyl groups is 1. The Labute approximate surface area is 194 Å². The lowest BCUT2D eigenvalue weighted by atomic mass is 9.92. The number of rotatable bonds is 6. The topological polar surface area (TPSA) is 118 Å². The standard InChI is InChI=1S/C26H31N5O2/c1-2-17-10-11-24(32)20(13-17)23-15-22(29-26(28)30-23)19-9-6-12-31(16-19)25(33)21(27)14-18-7-4-3-5-8-18/h3-5,7-8,10-11,13,15,19,21,32H,2,6,9,12,14,16,27H2,1H3,(H2,28,29,30). The lowest BCUT2D eigenvalue weighted by Gasteiger charge is -2.34. The van der Waals surface area contributed by atoms with Gasteiger partial charge >= 0.3 is 0 Å². The second-order valence-corrected chi connectivity index (χ2v) is 8.66. The Morgan fingerprint density at radius 1 is 1.15 bits per heavy atom. The third-order valence-corrected chi connectivity index (χ3v) is 6.28. The number of benzene rings is 2. The summed E-state index contributed by atoms with van der Waals surface area (Å²) in [5.41, 5.74) is 16.5. The molecule has 0 aliphatic carbocycles. The average molecular weight is 446 g/mol. The SMILES string of the molecule is CCc1ccc(O)c(-c2cc(C3CCCN(C(=O)C(N)Cc4ccccc4)C3)nc(N)n2)c1. The summed E-state index contributed by atoms with van der Waals surface area (Å²) in [5.74, 6) is 0.308. The van der Waals surface area contributed by atoms with Gasteiger partial charge in [0.25, 0.3) is 0 Å². The van der Waals surface area contributed by atoms with Gasteiger partial charge in [-0.3, -0.25) is 4.79 Å². The van der Waals surface area contributed by atoms with Crippen molar-refractivity contribution in [1.29, 1.82) is 0 Å². The molecule has 0 spiro atoms. The third kappa shape index (κ3) is 5.31. The van der Waals surface area contributed by atoms with Crippen molar-refractivity contribution in [2.24, 2.45) is 5.73 Å². The number of aryl methyl sites for hydroxylation is 1. The highest BCUT2D eigenvalue weighted by Crippen LogP contribution is 2.33. The van der Waals surface area contributed by atoms with Crippen LogP contribution in [0.2, 0.25) is 0 Å². The summed E-state index contributed by atoms with van der Waals surface area (Å²) in [6, 6.07) is 16.6. The lowest BCUT2D eigenvalue weighted by Crippen LogP contribution is -2.48. The van der Waals surface area contributed by atoms with Crippen LogP contribution in [0.4, 0.5) is 5.95 Å². The van der Waals surface area contributed by atoms with Gasteiger partial charge in [0.15, 0.2) is 0 Å². The molecule has 3 aromatic rings. The van der Waals surface area contributed by atoms with E-state index in [9.17, 15) is 9.90 Å². The Morgan fingerprint density at radius 2 is 1.94 bits per heavy atom. The fourth-order valence-electron chi connectivity index (χ4n) is 4.45. The van der Waals surface area contributed by atoms with E-state index in [0.717, 1.165) is 36.1 Å². The Morgan fingerprint density at radius 3 is 2.70 bits per heavy atom. The maximum atomic E-state index is 13.1. The zero-order chi connectivity index (χ0) is 23.4. The van der Waals surface area contributed by atoms with Crippen molar-refractivity contribution in [3.8, 4) is 17.0 Å². The molecule has 2 heterocycles. The molecule has 1 aromatic heterocycles. The number of nitrogen functional groups attached to an aromatic ring is 1. The Balaban J connectivity index is 1.53. The molecule has 1 aliphatic heterocycles. The first-order chi connectivity index (χ1) is 15.9. The number of phenols is 1. The lowest BCUT2D eigenvalue weighted by molar-refractivity contribution is -0.133. The van der Waals surface area contributed by atoms with Gasteiger partial charge in [-0.25, -0.2) is 9.97 Å². The maximum Gasteiger partial charge on any atom is 0.239 e. The first kappa shape index (κ1) is 22.7. The van der Waals surface area contributed by atoms with E-state index >= 15 is 0 Å². The zero-order valence-corrected chi connectivity index (χ0v) is 18.9. The molecule has 1 aliphatic rings. The Bertz CT molecular complexity index is 1120. The number of aromatic nitrogens is 2. The first-order valence-electron chi connectivity index (χ1n) is 11.5. The molecule has 2 unspecified atom stereocenters. The fourth-order valence-corrected chi connectivity index (χ4v) is 4.45. The molecule has 0 bridgehead atoms. The number of hydrogen-bond donors (Lipinski definition) is 3. The monoisotopic (exact) mass is 445 g/mol. The van der Waals surface area contributed by atoms with Crippen molar-refractivity contribution in [1.82, 2.24) is 14.9 Å². The molecule has 7 heteroatoms. The summed E-state index contributed by atoms with van der Waals surface area (Å²) >= 11 is 0. The van der Waals surface area contributed by atoms with Crippen molar-refractivity contribution < 1.29 is 9.90 Å². The van der Waals surface area contributed by atoms with Crippen LogP contribution in [-0.4, -0.2) is 45.0 Å². The van der Waals surface area contributed by atoms with Gasteiger partial charge in [-0.15, -0.1) is 0 Å². The van der Waals surface area contributed by atoms with E-state index in [1.165, 1.54) is 0 Å². The Hall–Kier alpha value is -3.45. The number of piperidine rings is 1. The minimum Gasteiger partial charge on any atom is -0.507 e. The highest BCUT2D eigenvalue weighted by molar-refractivity contribution is 5.82. The molecule has 1 amide bonds. The van der Waals surface area contributed by atoms with Gasteiger partial charge in [0.1, 0.15) is 5.75 Å². The van der Waals surface area contributed by atoms with Crippen LogP contribution in [0.3, 0.4) is 0 Å². The number of nitrogens with zero attached hydrogens (tertiary/aromatic N) is 3. The van der Waals surface area contributed by atoms with Gasteiger partial charge in [-0.1, -0.05) is 43.3 Å². The van der Waals surface area contributed by atoms with E-state index in [1.807, 2.05) is 53.4 Å². The van der Waals surface area contributed by atoms with Crippen molar-refractivity contribution in [3.05, 3.63) is 71.4 Å². The number of carbonyl (C=O) groups is 1. The number of likely N-dealkylation sites (tertiary alicyclic amines) is 1. The normalized spacial score (nSPS) is 17.0. The molecule has 33 heavy (non-hydrogen) atoms. The summed E-state index contributed by atoms with van der Waals surface area (Å²) in [7, 11) is 0. The van der Waals surface area contributed by atoms with Crippen LogP contribution in [0.1, 0.15) is 42.5 Å². The van der Waals surface area contributed by atoms with E-state index < -0.39 is 6.04 Å². The van der Waals surface area contributed by atoms with Gasteiger partial charge in [-0.2, -0.15) is 0 Å². The molecule has 2 atom stereocenters. The molecule has 172 valence electrons. The molecule has 1 saturated heterocycles. The predicted octanol–water partition coefficient (Wildman–Crippen LogP) is 3.27. The van der Waals surface area contributed by atoms with Crippen molar-refractivity contribution >= 4 is 11.9 Å². The van der Waals surface area contributed by atoms with Crippen LogP contribution < -0.4 is 11.5 Å². The second kappa shape index (κ2) is 10.0. The zero-order valence-electron chi connectivity index (χ0n) is 18.9. The van der Waals surface area contributed by atoms with Crippen LogP contribution in [0, 0.1) is 0 Å². The van der Waals surface area contributed by atoms with Gasteiger partial charge < -0.3 is 21.5 Å². The number of nitrogens with two attached hydrogens (primary N) is 2. The molecule has 1 fully saturated rings. The number of anilines is 1. The maximum absolute atomic E-state index is 13.1. The smallest absolute Gasteiger partial charge is 0.239 e. The van der Waals surface area contributed by atoms with Gasteiger partial charge in [0, 0.05) is 24.6 Å². The minimum atomic E-state index is -0.578. The largest absolute Gasteiger partial charge is 0.507 e. The molecular formula is C26H31N5O2. The summed E-state index contributed by atoms with van der Waals surface area (Å²) in [6.07, 6.45) is 3.13. The van der Waals surface area contributed by atoms with Crippen molar-refractivity contribution in [3.63, 3.8) is 0 Å². The Kier molecular flexibility index (Phi) is 6.89. The first-order valence-corrected chi connectivity index (χ1v) is 11.5. The molecule has 4 rings (SSSR count). The summed E-state index contributed by atoms with van der Waals surface area (Å²) in [5, 5.41) is 10.4. The molecule has 0 radical (unpaired) electrons. The fraction of sp³-hybridized carbons (Fsp3) is 0.346. The number of hydrogen-bond acceptors (Lipinski definition) is 6. The third-order valence-electron chi connectivity index (χ3n) is 6.28. The highest BCUT2D eigenvalue weighted by atomic mass is 16.3. The minimum absolute atomic E-state index is 0.0344. The van der Waals surface area contributed by atoms with Crippen LogP contribution >= 0.6 is 0 Å². The van der Waals surface area contributed by atoms with Gasteiger partial charge in [0.05, 0.1) is 17.4 Å². The summed E-state index contributed by atoms with van der Waals surface area (Å²) < 4.78 is 0. The summed E-state index contributed by atoms with van der Waals surface area (Å²) in [4.78, 5) is 23.8. The van der Waals surface area contributed by atoms with Crippen LogP contribution in [0.15, 0.2) is 54.6 Å². The summed E-state index contributed by atoms with van der Waals surface area (Å²) in [6.45, 7) is 3.29. The van der Waals surface area contributed by atoms with E-state index in [4.69, 9.17) is 11.5 Å². The van der Waals surface area contributed by atoms with E-state index in [-0.39, 0.29) is 23.5 Å². The van der Waals surface area contributed by atoms with E-state index in [1.54, 1.807) is 6.07 Å². The quantitative estimate of drug-likeness (QED) is 0.536. The molecule has 0 saturated carbocycles. The second-order valence-electron chi connectivity index (χ2n) is 8.66. The average Bonchev–Trinajstić information content (AvgIpc) is 2.84. The van der Waals surface area contributed by atoms with Crippen LogP contribution in [0.5, 0.6) is 5.75 Å². The van der Waals surface area contributed by atoms with Gasteiger partial charge in [-0.05, 0) is 55.0 Å². The number of carbonyl (C=O) groups excluding carboxylic acids is 1. The van der Waals surface area contributed by atoms with Crippen molar-refractivity contribution in [2.75, 3.05) is 18.8 Å². The molecular weight excluding hydrogens is 414 g/mol.